The van der Waals surface area contributed by atoms with Gasteiger partial charge in [0.2, 0.25) is 11.6 Å². The van der Waals surface area contributed by atoms with Crippen molar-refractivity contribution in [3.8, 4) is 0 Å². The molecule has 8 N–H and O–H groups in total. The van der Waals surface area contributed by atoms with E-state index in [2.05, 4.69) is 0 Å². The lowest BCUT2D eigenvalue weighted by Gasteiger charge is -2.35. The molecule has 14 heavy (non-hydrogen) atoms. The molecule has 0 unspecified atom stereocenters. The lowest BCUT2D eigenvalue weighted by Crippen LogP contribution is -2.66. The third-order valence-corrected chi connectivity index (χ3v) is 2.72. The molecule has 84 valence electrons. The van der Waals surface area contributed by atoms with Crippen LogP contribution in [0.2, 0.25) is 0 Å². The summed E-state index contributed by atoms with van der Waals surface area (Å²) in [5, 5.41) is 72.3. The molecule has 1 fully saturated rings. The van der Waals surface area contributed by atoms with E-state index in [1.807, 2.05) is 0 Å². The van der Waals surface area contributed by atoms with Gasteiger partial charge in [-0.05, 0) is 0 Å². The molecule has 0 aliphatic heterocycles. The number of aliphatic hydroxyl groups is 8. The molecule has 0 spiro atoms. The van der Waals surface area contributed by atoms with Crippen LogP contribution in [-0.2, 0) is 0 Å². The van der Waals surface area contributed by atoms with Gasteiger partial charge in [0.05, 0.1) is 5.92 Å². The first kappa shape index (κ1) is 11.8. The number of rotatable bonds is 0. The lowest BCUT2D eigenvalue weighted by atomic mass is 9.99. The molecule has 0 bridgehead atoms. The molecular weight excluding hydrogens is 200 g/mol. The Morgan fingerprint density at radius 1 is 0.643 bits per heavy atom. The van der Waals surface area contributed by atoms with Crippen LogP contribution in [0.3, 0.4) is 0 Å². The van der Waals surface area contributed by atoms with Crippen LogP contribution in [0.4, 0.5) is 0 Å². The molecule has 1 aliphatic rings. The SMILES string of the molecule is CC1C(O)(O)C(O)(O)C(O)(O)C1(O)O. The van der Waals surface area contributed by atoms with E-state index in [0.29, 0.717) is 0 Å². The summed E-state index contributed by atoms with van der Waals surface area (Å²) in [5.74, 6) is -16.7. The van der Waals surface area contributed by atoms with E-state index in [0.717, 1.165) is 6.92 Å². The first-order chi connectivity index (χ1) is 5.90. The monoisotopic (exact) mass is 212 g/mol. The minimum atomic E-state index is -3.89. The fourth-order valence-corrected chi connectivity index (χ4v) is 1.40. The molecule has 1 saturated carbocycles. The summed E-state index contributed by atoms with van der Waals surface area (Å²) in [5.41, 5.74) is 0. The van der Waals surface area contributed by atoms with Crippen molar-refractivity contribution in [2.45, 2.75) is 30.1 Å². The minimum absolute atomic E-state index is 0.787. The topological polar surface area (TPSA) is 162 Å². The maximum absolute atomic E-state index is 9.08. The summed E-state index contributed by atoms with van der Waals surface area (Å²) < 4.78 is 0. The van der Waals surface area contributed by atoms with Gasteiger partial charge in [0.1, 0.15) is 0 Å². The Morgan fingerprint density at radius 3 is 0.929 bits per heavy atom. The second-order valence-corrected chi connectivity index (χ2v) is 3.52. The molecule has 1 aliphatic carbocycles. The Balaban J connectivity index is 3.38. The molecule has 0 atom stereocenters. The normalized spacial score (nSPS) is 33.2. The Kier molecular flexibility index (Phi) is 2.04. The quantitative estimate of drug-likeness (QED) is 0.186. The average molecular weight is 212 g/mol. The molecule has 1 rings (SSSR count). The van der Waals surface area contributed by atoms with Crippen LogP contribution in [0.25, 0.3) is 0 Å². The Labute approximate surface area is 77.9 Å². The highest BCUT2D eigenvalue weighted by atomic mass is 16.7. The van der Waals surface area contributed by atoms with Crippen LogP contribution < -0.4 is 0 Å². The molecular formula is C6H12O8. The zero-order chi connectivity index (χ0) is 11.6. The summed E-state index contributed by atoms with van der Waals surface area (Å²) in [6, 6.07) is 0. The third kappa shape index (κ3) is 0.890. The fourth-order valence-electron chi connectivity index (χ4n) is 1.40. The molecule has 0 amide bonds. The van der Waals surface area contributed by atoms with Crippen molar-refractivity contribution in [3.63, 3.8) is 0 Å². The number of hydrogen-bond donors (Lipinski definition) is 8. The Morgan fingerprint density at radius 2 is 0.857 bits per heavy atom. The molecule has 0 heterocycles. The second-order valence-electron chi connectivity index (χ2n) is 3.52. The fraction of sp³-hybridized carbons (Fsp3) is 1.00. The summed E-state index contributed by atoms with van der Waals surface area (Å²) >= 11 is 0. The van der Waals surface area contributed by atoms with Crippen molar-refractivity contribution < 1.29 is 40.9 Å². The van der Waals surface area contributed by atoms with Crippen LogP contribution >= 0.6 is 0 Å². The van der Waals surface area contributed by atoms with Crippen molar-refractivity contribution in [2.75, 3.05) is 0 Å². The van der Waals surface area contributed by atoms with Gasteiger partial charge < -0.3 is 40.9 Å². The van der Waals surface area contributed by atoms with Crippen molar-refractivity contribution in [1.29, 1.82) is 0 Å². The van der Waals surface area contributed by atoms with Gasteiger partial charge >= 0.3 is 0 Å². The first-order valence-electron chi connectivity index (χ1n) is 3.69. The highest BCUT2D eigenvalue weighted by Crippen LogP contribution is 2.50. The molecule has 0 saturated heterocycles. The average Bonchev–Trinajstić information content (AvgIpc) is 2.05. The molecule has 0 aromatic heterocycles. The lowest BCUT2D eigenvalue weighted by molar-refractivity contribution is -0.452. The zero-order valence-electron chi connectivity index (χ0n) is 7.16. The summed E-state index contributed by atoms with van der Waals surface area (Å²) in [7, 11) is 0. The molecule has 0 aromatic carbocycles. The van der Waals surface area contributed by atoms with E-state index in [4.69, 9.17) is 40.9 Å². The predicted molar refractivity (Wildman–Crippen MR) is 37.8 cm³/mol. The molecule has 0 radical (unpaired) electrons. The third-order valence-electron chi connectivity index (χ3n) is 2.72. The van der Waals surface area contributed by atoms with E-state index in [1.54, 1.807) is 0 Å². The summed E-state index contributed by atoms with van der Waals surface area (Å²) in [6.07, 6.45) is 0. The largest absolute Gasteiger partial charge is 0.361 e. The van der Waals surface area contributed by atoms with Crippen LogP contribution in [0.15, 0.2) is 0 Å². The maximum atomic E-state index is 9.08. The van der Waals surface area contributed by atoms with Crippen molar-refractivity contribution >= 4 is 0 Å². The van der Waals surface area contributed by atoms with Crippen LogP contribution in [0.5, 0.6) is 0 Å². The van der Waals surface area contributed by atoms with E-state index in [9.17, 15) is 0 Å². The summed E-state index contributed by atoms with van der Waals surface area (Å²) in [4.78, 5) is 0. The van der Waals surface area contributed by atoms with Gasteiger partial charge in [-0.25, -0.2) is 0 Å². The predicted octanol–water partition coefficient (Wildman–Crippen LogP) is -4.64. The highest BCUT2D eigenvalue weighted by molar-refractivity contribution is 5.14. The van der Waals surface area contributed by atoms with Crippen molar-refractivity contribution in [3.05, 3.63) is 0 Å². The molecule has 8 nitrogen and oxygen atoms in total. The Bertz CT molecular complexity index is 229. The zero-order valence-corrected chi connectivity index (χ0v) is 7.16. The standard InChI is InChI=1S/C6H12O8/c1-2-3(7,8)5(11,12)6(13,14)4(2,9)10/h2,7-14H,1H3. The van der Waals surface area contributed by atoms with E-state index in [-0.39, 0.29) is 0 Å². The van der Waals surface area contributed by atoms with Crippen molar-refractivity contribution in [2.24, 2.45) is 5.92 Å². The van der Waals surface area contributed by atoms with Gasteiger partial charge in [-0.3, -0.25) is 0 Å². The van der Waals surface area contributed by atoms with Gasteiger partial charge in [0.15, 0.2) is 0 Å². The van der Waals surface area contributed by atoms with E-state index < -0.39 is 29.1 Å². The maximum Gasteiger partial charge on any atom is 0.280 e. The Hall–Kier alpha value is -0.320. The summed E-state index contributed by atoms with van der Waals surface area (Å²) in [6.45, 7) is 0.787. The van der Waals surface area contributed by atoms with Crippen LogP contribution in [0, 0.1) is 5.92 Å². The van der Waals surface area contributed by atoms with E-state index >= 15 is 0 Å². The number of hydrogen-bond acceptors (Lipinski definition) is 8. The van der Waals surface area contributed by atoms with Gasteiger partial charge in [-0.2, -0.15) is 0 Å². The van der Waals surface area contributed by atoms with Crippen molar-refractivity contribution in [1.82, 2.24) is 0 Å². The van der Waals surface area contributed by atoms with Crippen LogP contribution in [0.1, 0.15) is 6.92 Å². The molecule has 8 heteroatoms. The second kappa shape index (κ2) is 2.43. The van der Waals surface area contributed by atoms with Crippen LogP contribution in [-0.4, -0.2) is 64.0 Å². The van der Waals surface area contributed by atoms with Gasteiger partial charge in [-0.15, -0.1) is 0 Å². The highest BCUT2D eigenvalue weighted by Gasteiger charge is 2.82. The minimum Gasteiger partial charge on any atom is -0.361 e. The van der Waals surface area contributed by atoms with Gasteiger partial charge in [0, 0.05) is 0 Å². The smallest absolute Gasteiger partial charge is 0.280 e. The molecule has 0 aromatic rings. The van der Waals surface area contributed by atoms with Gasteiger partial charge in [0.25, 0.3) is 11.6 Å². The first-order valence-corrected chi connectivity index (χ1v) is 3.69. The van der Waals surface area contributed by atoms with Gasteiger partial charge in [-0.1, -0.05) is 6.92 Å². The van der Waals surface area contributed by atoms with E-state index in [1.165, 1.54) is 0 Å².